The molecule has 3 heterocycles. The van der Waals surface area contributed by atoms with Crippen molar-refractivity contribution in [3.8, 4) is 0 Å². The second kappa shape index (κ2) is 6.41. The number of rotatable bonds is 5. The van der Waals surface area contributed by atoms with E-state index < -0.39 is 0 Å². The molecular weight excluding hydrogens is 338 g/mol. The predicted molar refractivity (Wildman–Crippen MR) is 96.3 cm³/mol. The molecule has 1 aliphatic rings. The number of fused-ring (bicyclic) bond motifs is 1. The molecule has 2 atom stereocenters. The third kappa shape index (κ3) is 3.61. The maximum atomic E-state index is 12.0. The van der Waals surface area contributed by atoms with Crippen LogP contribution in [0.1, 0.15) is 36.5 Å². The fraction of sp³-hybridized carbons (Fsp3) is 0.263. The van der Waals surface area contributed by atoms with Gasteiger partial charge in [0.15, 0.2) is 0 Å². The van der Waals surface area contributed by atoms with Crippen molar-refractivity contribution in [1.29, 1.82) is 0 Å². The topological polar surface area (TPSA) is 59.5 Å². The van der Waals surface area contributed by atoms with E-state index >= 15 is 0 Å². The average Bonchev–Trinajstić information content (AvgIpc) is 3.01. The SMILES string of the molecule is CC1CC1c1ccc(/C=C/C(=O)NCc2cn3cc(Cl)ccc3n2)o1. The Balaban J connectivity index is 1.34. The minimum absolute atomic E-state index is 0.187. The van der Waals surface area contributed by atoms with Crippen molar-refractivity contribution in [2.45, 2.75) is 25.8 Å². The molecule has 3 aromatic heterocycles. The zero-order chi connectivity index (χ0) is 17.4. The van der Waals surface area contributed by atoms with Crippen LogP contribution in [0.3, 0.4) is 0 Å². The summed E-state index contributed by atoms with van der Waals surface area (Å²) < 4.78 is 7.58. The van der Waals surface area contributed by atoms with Crippen molar-refractivity contribution in [3.05, 3.63) is 65.0 Å². The lowest BCUT2D eigenvalue weighted by atomic mass is 10.3. The molecule has 0 spiro atoms. The van der Waals surface area contributed by atoms with Gasteiger partial charge in [-0.25, -0.2) is 4.98 Å². The lowest BCUT2D eigenvalue weighted by molar-refractivity contribution is -0.116. The summed E-state index contributed by atoms with van der Waals surface area (Å²) in [5, 5.41) is 3.46. The van der Waals surface area contributed by atoms with Crippen LogP contribution in [0.2, 0.25) is 5.02 Å². The highest BCUT2D eigenvalue weighted by atomic mass is 35.5. The summed E-state index contributed by atoms with van der Waals surface area (Å²) in [5.74, 6) is 2.77. The lowest BCUT2D eigenvalue weighted by Gasteiger charge is -1.97. The number of carbonyl (C=O) groups is 1. The predicted octanol–water partition coefficient (Wildman–Crippen LogP) is 4.03. The summed E-state index contributed by atoms with van der Waals surface area (Å²) in [6.45, 7) is 2.56. The van der Waals surface area contributed by atoms with Gasteiger partial charge in [-0.2, -0.15) is 0 Å². The molecular formula is C19H18ClN3O2. The van der Waals surface area contributed by atoms with Gasteiger partial charge in [0.05, 0.1) is 17.3 Å². The van der Waals surface area contributed by atoms with E-state index in [1.807, 2.05) is 28.8 Å². The Kier molecular flexibility index (Phi) is 4.09. The van der Waals surface area contributed by atoms with Crippen LogP contribution < -0.4 is 5.32 Å². The number of amides is 1. The van der Waals surface area contributed by atoms with Crippen molar-refractivity contribution >= 4 is 29.2 Å². The van der Waals surface area contributed by atoms with Gasteiger partial charge in [0, 0.05) is 24.4 Å². The zero-order valence-electron chi connectivity index (χ0n) is 13.8. The van der Waals surface area contributed by atoms with Crippen LogP contribution in [-0.2, 0) is 11.3 Å². The van der Waals surface area contributed by atoms with E-state index in [4.69, 9.17) is 16.0 Å². The molecule has 1 fully saturated rings. The molecule has 1 N–H and O–H groups in total. The largest absolute Gasteiger partial charge is 0.461 e. The van der Waals surface area contributed by atoms with E-state index in [0.717, 1.165) is 17.1 Å². The maximum Gasteiger partial charge on any atom is 0.244 e. The Morgan fingerprint density at radius 1 is 1.40 bits per heavy atom. The normalized spacial score (nSPS) is 19.6. The number of pyridine rings is 1. The fourth-order valence-electron chi connectivity index (χ4n) is 2.87. The number of nitrogens with zero attached hydrogens (tertiary/aromatic N) is 2. The molecule has 25 heavy (non-hydrogen) atoms. The highest BCUT2D eigenvalue weighted by molar-refractivity contribution is 6.30. The van der Waals surface area contributed by atoms with Crippen LogP contribution in [0.5, 0.6) is 0 Å². The van der Waals surface area contributed by atoms with Crippen molar-refractivity contribution in [2.24, 2.45) is 5.92 Å². The maximum absolute atomic E-state index is 12.0. The number of hydrogen-bond acceptors (Lipinski definition) is 3. The Hall–Kier alpha value is -2.53. The Labute approximate surface area is 150 Å². The molecule has 5 nitrogen and oxygen atoms in total. The first kappa shape index (κ1) is 16.0. The summed E-state index contributed by atoms with van der Waals surface area (Å²) in [6, 6.07) is 7.52. The molecule has 0 aromatic carbocycles. The molecule has 6 heteroatoms. The van der Waals surface area contributed by atoms with Crippen LogP contribution in [-0.4, -0.2) is 15.3 Å². The zero-order valence-corrected chi connectivity index (χ0v) is 14.5. The van der Waals surface area contributed by atoms with Gasteiger partial charge in [-0.15, -0.1) is 0 Å². The Bertz CT molecular complexity index is 957. The number of imidazole rings is 1. The molecule has 0 aliphatic heterocycles. The quantitative estimate of drug-likeness (QED) is 0.703. The molecule has 0 radical (unpaired) electrons. The van der Waals surface area contributed by atoms with E-state index in [2.05, 4.69) is 17.2 Å². The molecule has 1 saturated carbocycles. The van der Waals surface area contributed by atoms with Gasteiger partial charge < -0.3 is 14.1 Å². The van der Waals surface area contributed by atoms with Crippen LogP contribution in [0.25, 0.3) is 11.7 Å². The second-order valence-electron chi connectivity index (χ2n) is 6.46. The standard InChI is InChI=1S/C19H18ClN3O2/c1-12-8-16(12)17-5-3-15(25-17)4-7-19(24)21-9-14-11-23-10-13(20)2-6-18(23)22-14/h2-7,10-12,16H,8-9H2,1H3,(H,21,24)/b7-4+. The first-order chi connectivity index (χ1) is 12.1. The monoisotopic (exact) mass is 355 g/mol. The molecule has 2 unspecified atom stereocenters. The van der Waals surface area contributed by atoms with Crippen molar-refractivity contribution in [1.82, 2.24) is 14.7 Å². The van der Waals surface area contributed by atoms with E-state index in [1.54, 1.807) is 18.3 Å². The van der Waals surface area contributed by atoms with Crippen molar-refractivity contribution in [3.63, 3.8) is 0 Å². The molecule has 4 rings (SSSR count). The Morgan fingerprint density at radius 2 is 2.24 bits per heavy atom. The van der Waals surface area contributed by atoms with Gasteiger partial charge in [-0.3, -0.25) is 4.79 Å². The van der Waals surface area contributed by atoms with E-state index in [9.17, 15) is 4.79 Å². The first-order valence-corrected chi connectivity index (χ1v) is 8.65. The van der Waals surface area contributed by atoms with E-state index in [0.29, 0.717) is 29.2 Å². The number of halogens is 1. The summed E-state index contributed by atoms with van der Waals surface area (Å²) in [7, 11) is 0. The fourth-order valence-corrected chi connectivity index (χ4v) is 3.04. The van der Waals surface area contributed by atoms with Crippen LogP contribution in [0.4, 0.5) is 0 Å². The van der Waals surface area contributed by atoms with Crippen molar-refractivity contribution < 1.29 is 9.21 Å². The van der Waals surface area contributed by atoms with Crippen LogP contribution in [0, 0.1) is 5.92 Å². The lowest BCUT2D eigenvalue weighted by Crippen LogP contribution is -2.20. The smallest absolute Gasteiger partial charge is 0.244 e. The summed E-state index contributed by atoms with van der Waals surface area (Å²) in [4.78, 5) is 16.4. The van der Waals surface area contributed by atoms with Gasteiger partial charge in [0.2, 0.25) is 5.91 Å². The number of nitrogens with one attached hydrogen (secondary N) is 1. The average molecular weight is 356 g/mol. The molecule has 1 amide bonds. The van der Waals surface area contributed by atoms with Crippen molar-refractivity contribution in [2.75, 3.05) is 0 Å². The summed E-state index contributed by atoms with van der Waals surface area (Å²) in [6.07, 6.45) is 7.98. The van der Waals surface area contributed by atoms with Crippen LogP contribution in [0.15, 0.2) is 47.2 Å². The van der Waals surface area contributed by atoms with Gasteiger partial charge in [0.1, 0.15) is 17.2 Å². The highest BCUT2D eigenvalue weighted by Crippen LogP contribution is 2.47. The molecule has 128 valence electrons. The van der Waals surface area contributed by atoms with Gasteiger partial charge in [0.25, 0.3) is 0 Å². The minimum atomic E-state index is -0.187. The molecule has 0 bridgehead atoms. The van der Waals surface area contributed by atoms with Gasteiger partial charge in [-0.1, -0.05) is 18.5 Å². The van der Waals surface area contributed by atoms with Gasteiger partial charge >= 0.3 is 0 Å². The number of hydrogen-bond donors (Lipinski definition) is 1. The molecule has 0 saturated heterocycles. The number of aromatic nitrogens is 2. The third-order valence-corrected chi connectivity index (χ3v) is 4.65. The van der Waals surface area contributed by atoms with E-state index in [1.165, 1.54) is 12.5 Å². The Morgan fingerprint density at radius 3 is 3.04 bits per heavy atom. The third-order valence-electron chi connectivity index (χ3n) is 4.43. The summed E-state index contributed by atoms with van der Waals surface area (Å²) in [5.41, 5.74) is 1.56. The summed E-state index contributed by atoms with van der Waals surface area (Å²) >= 11 is 5.95. The van der Waals surface area contributed by atoms with Crippen LogP contribution >= 0.6 is 11.6 Å². The molecule has 3 aromatic rings. The highest BCUT2D eigenvalue weighted by Gasteiger charge is 2.36. The minimum Gasteiger partial charge on any atom is -0.461 e. The molecule has 1 aliphatic carbocycles. The van der Waals surface area contributed by atoms with Gasteiger partial charge in [-0.05, 0) is 42.7 Å². The second-order valence-corrected chi connectivity index (χ2v) is 6.89. The number of furan rings is 1. The first-order valence-electron chi connectivity index (χ1n) is 8.27. The van der Waals surface area contributed by atoms with E-state index in [-0.39, 0.29) is 5.91 Å². The number of carbonyl (C=O) groups excluding carboxylic acids is 1.